The molecule has 0 bridgehead atoms. The Labute approximate surface area is 138 Å². The minimum absolute atomic E-state index is 0.0330. The third-order valence-electron chi connectivity index (χ3n) is 3.60. The summed E-state index contributed by atoms with van der Waals surface area (Å²) in [6, 6.07) is 14.4. The first-order valence-corrected chi connectivity index (χ1v) is 7.56. The van der Waals surface area contributed by atoms with Crippen LogP contribution in [0.1, 0.15) is 17.3 Å². The maximum atomic E-state index is 12.2. The molecule has 0 fully saturated rings. The average Bonchev–Trinajstić information content (AvgIpc) is 2.89. The number of hydrogen-bond donors (Lipinski definition) is 1. The topological polar surface area (TPSA) is 51.1 Å². The molecule has 2 aromatic carbocycles. The second-order valence-corrected chi connectivity index (χ2v) is 5.77. The number of aromatic nitrogens is 1. The number of fused-ring (bicyclic) bond motifs is 1. The molecule has 0 aliphatic rings. The maximum absolute atomic E-state index is 12.2. The smallest absolute Gasteiger partial charge is 0.244 e. The molecule has 0 aliphatic heterocycles. The van der Waals surface area contributed by atoms with Gasteiger partial charge in [-0.1, -0.05) is 23.7 Å². The number of anilines is 1. The van der Waals surface area contributed by atoms with E-state index >= 15 is 0 Å². The van der Waals surface area contributed by atoms with Crippen molar-refractivity contribution < 1.29 is 9.59 Å². The van der Waals surface area contributed by atoms with Gasteiger partial charge in [0.25, 0.3) is 0 Å². The Kier molecular flexibility index (Phi) is 4.17. The van der Waals surface area contributed by atoms with Crippen LogP contribution in [0.25, 0.3) is 10.9 Å². The zero-order valence-electron chi connectivity index (χ0n) is 12.5. The number of ketones is 1. The van der Waals surface area contributed by atoms with Gasteiger partial charge in [-0.15, -0.1) is 0 Å². The predicted molar refractivity (Wildman–Crippen MR) is 92.0 cm³/mol. The van der Waals surface area contributed by atoms with Crippen molar-refractivity contribution >= 4 is 39.9 Å². The van der Waals surface area contributed by atoms with Crippen LogP contribution in [0, 0.1) is 0 Å². The molecular formula is C18H15ClN2O2. The summed E-state index contributed by atoms with van der Waals surface area (Å²) in [4.78, 5) is 23.6. The molecule has 0 saturated carbocycles. The number of benzene rings is 2. The molecule has 0 aliphatic carbocycles. The summed E-state index contributed by atoms with van der Waals surface area (Å²) in [7, 11) is 0. The van der Waals surface area contributed by atoms with Crippen molar-refractivity contribution in [3.8, 4) is 0 Å². The van der Waals surface area contributed by atoms with E-state index in [-0.39, 0.29) is 18.2 Å². The Morgan fingerprint density at radius 2 is 1.96 bits per heavy atom. The van der Waals surface area contributed by atoms with E-state index in [0.717, 1.165) is 10.9 Å². The molecular weight excluding hydrogens is 312 g/mol. The Bertz CT molecular complexity index is 899. The molecule has 0 atom stereocenters. The molecule has 5 heteroatoms. The Morgan fingerprint density at radius 1 is 1.13 bits per heavy atom. The van der Waals surface area contributed by atoms with E-state index in [4.69, 9.17) is 11.6 Å². The molecule has 0 unspecified atom stereocenters. The van der Waals surface area contributed by atoms with Gasteiger partial charge >= 0.3 is 0 Å². The highest BCUT2D eigenvalue weighted by Crippen LogP contribution is 2.20. The second-order valence-electron chi connectivity index (χ2n) is 5.33. The van der Waals surface area contributed by atoms with Gasteiger partial charge in [0.1, 0.15) is 6.54 Å². The summed E-state index contributed by atoms with van der Waals surface area (Å²) < 4.78 is 1.86. The molecule has 1 aromatic heterocycles. The van der Waals surface area contributed by atoms with Gasteiger partial charge in [0.15, 0.2) is 5.78 Å². The average molecular weight is 327 g/mol. The predicted octanol–water partition coefficient (Wildman–Crippen LogP) is 4.14. The van der Waals surface area contributed by atoms with E-state index in [2.05, 4.69) is 5.32 Å². The van der Waals surface area contributed by atoms with E-state index in [1.54, 1.807) is 30.3 Å². The van der Waals surface area contributed by atoms with Crippen LogP contribution < -0.4 is 5.32 Å². The van der Waals surface area contributed by atoms with Gasteiger partial charge in [-0.3, -0.25) is 9.59 Å². The van der Waals surface area contributed by atoms with Crippen molar-refractivity contribution in [1.82, 2.24) is 4.57 Å². The van der Waals surface area contributed by atoms with Gasteiger partial charge in [0.2, 0.25) is 5.91 Å². The molecule has 1 heterocycles. The molecule has 0 spiro atoms. The number of Topliss-reactive ketones (excluding diaryl/α,β-unsaturated/α-hetero) is 1. The van der Waals surface area contributed by atoms with Crippen LogP contribution in [-0.2, 0) is 11.3 Å². The normalized spacial score (nSPS) is 10.7. The molecule has 4 nitrogen and oxygen atoms in total. The van der Waals surface area contributed by atoms with Gasteiger partial charge in [0.05, 0.1) is 0 Å². The number of amides is 1. The molecule has 1 N–H and O–H groups in total. The van der Waals surface area contributed by atoms with Crippen molar-refractivity contribution in [3.63, 3.8) is 0 Å². The Balaban J connectivity index is 1.76. The van der Waals surface area contributed by atoms with Crippen LogP contribution in [0.5, 0.6) is 0 Å². The Morgan fingerprint density at radius 3 is 2.74 bits per heavy atom. The summed E-state index contributed by atoms with van der Waals surface area (Å²) >= 11 is 5.97. The zero-order chi connectivity index (χ0) is 16.4. The minimum atomic E-state index is -0.154. The quantitative estimate of drug-likeness (QED) is 0.733. The van der Waals surface area contributed by atoms with E-state index in [0.29, 0.717) is 16.3 Å². The van der Waals surface area contributed by atoms with Crippen LogP contribution in [0.2, 0.25) is 5.02 Å². The lowest BCUT2D eigenvalue weighted by atomic mass is 10.1. The van der Waals surface area contributed by atoms with Crippen molar-refractivity contribution in [2.24, 2.45) is 0 Å². The highest BCUT2D eigenvalue weighted by Gasteiger charge is 2.08. The first-order chi connectivity index (χ1) is 11.0. The molecule has 3 aromatic rings. The maximum Gasteiger partial charge on any atom is 0.244 e. The number of nitrogens with zero attached hydrogens (tertiary/aromatic N) is 1. The number of hydrogen-bond acceptors (Lipinski definition) is 2. The van der Waals surface area contributed by atoms with Crippen LogP contribution in [-0.4, -0.2) is 16.3 Å². The molecule has 0 radical (unpaired) electrons. The number of carbonyl (C=O) groups is 2. The van der Waals surface area contributed by atoms with Crippen LogP contribution in [0.3, 0.4) is 0 Å². The van der Waals surface area contributed by atoms with E-state index in [1.807, 2.05) is 29.0 Å². The van der Waals surface area contributed by atoms with E-state index in [9.17, 15) is 9.59 Å². The largest absolute Gasteiger partial charge is 0.338 e. The fourth-order valence-electron chi connectivity index (χ4n) is 2.48. The Hall–Kier alpha value is -2.59. The van der Waals surface area contributed by atoms with Crippen molar-refractivity contribution in [2.75, 3.05) is 5.32 Å². The first kappa shape index (κ1) is 15.3. The number of carbonyl (C=O) groups excluding carboxylic acids is 2. The zero-order valence-corrected chi connectivity index (χ0v) is 13.3. The second kappa shape index (κ2) is 6.26. The third kappa shape index (κ3) is 3.43. The van der Waals surface area contributed by atoms with Crippen molar-refractivity contribution in [2.45, 2.75) is 13.5 Å². The lowest BCUT2D eigenvalue weighted by molar-refractivity contribution is -0.116. The summed E-state index contributed by atoms with van der Waals surface area (Å²) in [6.07, 6.45) is 1.85. The molecule has 116 valence electrons. The number of rotatable bonds is 4. The lowest BCUT2D eigenvalue weighted by Crippen LogP contribution is -2.18. The van der Waals surface area contributed by atoms with Gasteiger partial charge in [-0.25, -0.2) is 0 Å². The fourth-order valence-corrected chi connectivity index (χ4v) is 2.66. The van der Waals surface area contributed by atoms with Crippen LogP contribution >= 0.6 is 11.6 Å². The first-order valence-electron chi connectivity index (χ1n) is 7.18. The highest BCUT2D eigenvalue weighted by atomic mass is 35.5. The van der Waals surface area contributed by atoms with Crippen molar-refractivity contribution in [3.05, 3.63) is 65.3 Å². The van der Waals surface area contributed by atoms with Crippen molar-refractivity contribution in [1.29, 1.82) is 0 Å². The molecule has 0 saturated heterocycles. The van der Waals surface area contributed by atoms with Gasteiger partial charge in [0, 0.05) is 33.4 Å². The fraction of sp³-hybridized carbons (Fsp3) is 0.111. The molecule has 23 heavy (non-hydrogen) atoms. The summed E-state index contributed by atoms with van der Waals surface area (Å²) in [5, 5.41) is 4.47. The summed E-state index contributed by atoms with van der Waals surface area (Å²) in [5.41, 5.74) is 2.13. The monoisotopic (exact) mass is 326 g/mol. The SMILES string of the molecule is CC(=O)c1cccc(NC(=O)Cn2ccc3cc(Cl)ccc32)c1. The van der Waals surface area contributed by atoms with Crippen LogP contribution in [0.4, 0.5) is 5.69 Å². The minimum Gasteiger partial charge on any atom is -0.338 e. The van der Waals surface area contributed by atoms with Crippen LogP contribution in [0.15, 0.2) is 54.7 Å². The number of nitrogens with one attached hydrogen (secondary N) is 1. The summed E-state index contributed by atoms with van der Waals surface area (Å²) in [6.45, 7) is 1.69. The van der Waals surface area contributed by atoms with E-state index < -0.39 is 0 Å². The standard InChI is InChI=1S/C18H15ClN2O2/c1-12(22)13-3-2-4-16(10-13)20-18(23)11-21-8-7-14-9-15(19)5-6-17(14)21/h2-10H,11H2,1H3,(H,20,23). The molecule has 3 rings (SSSR count). The summed E-state index contributed by atoms with van der Waals surface area (Å²) in [5.74, 6) is -0.187. The van der Waals surface area contributed by atoms with Gasteiger partial charge < -0.3 is 9.88 Å². The van der Waals surface area contributed by atoms with Gasteiger partial charge in [-0.2, -0.15) is 0 Å². The highest BCUT2D eigenvalue weighted by molar-refractivity contribution is 6.31. The lowest BCUT2D eigenvalue weighted by Gasteiger charge is -2.08. The van der Waals surface area contributed by atoms with Gasteiger partial charge in [-0.05, 0) is 43.3 Å². The van der Waals surface area contributed by atoms with E-state index in [1.165, 1.54) is 6.92 Å². The molecule has 1 amide bonds. The third-order valence-corrected chi connectivity index (χ3v) is 3.83. The number of halogens is 1.